The second-order valence-corrected chi connectivity index (χ2v) is 13.1. The number of carbonyl (C=O) groups excluding carboxylic acids is 2. The van der Waals surface area contributed by atoms with Crippen LogP contribution in [0.15, 0.2) is 108 Å². The van der Waals surface area contributed by atoms with Crippen LogP contribution in [-0.2, 0) is 32.6 Å². The van der Waals surface area contributed by atoms with Gasteiger partial charge in [-0.1, -0.05) is 85.3 Å². The average Bonchev–Trinajstić information content (AvgIpc) is 3.03. The van der Waals surface area contributed by atoms with Gasteiger partial charge in [0.05, 0.1) is 10.6 Å². The highest BCUT2D eigenvalue weighted by molar-refractivity contribution is 7.92. The summed E-state index contributed by atoms with van der Waals surface area (Å²) in [4.78, 5) is 29.8. The molecule has 45 heavy (non-hydrogen) atoms. The summed E-state index contributed by atoms with van der Waals surface area (Å²) >= 11 is 0. The summed E-state index contributed by atoms with van der Waals surface area (Å²) in [5.74, 6) is -1.35. The van der Waals surface area contributed by atoms with Gasteiger partial charge in [0.15, 0.2) is 0 Å². The fourth-order valence-electron chi connectivity index (χ4n) is 4.98. The number of nitrogens with one attached hydrogen (secondary N) is 1. The molecule has 0 aromatic heterocycles. The molecule has 0 aliphatic carbocycles. The lowest BCUT2D eigenvalue weighted by atomic mass is 10.0. The van der Waals surface area contributed by atoms with Crippen LogP contribution in [0.5, 0.6) is 0 Å². The number of anilines is 1. The summed E-state index contributed by atoms with van der Waals surface area (Å²) < 4.78 is 43.3. The Morgan fingerprint density at radius 3 is 2.07 bits per heavy atom. The van der Waals surface area contributed by atoms with Crippen LogP contribution in [0.2, 0.25) is 0 Å². The first-order chi connectivity index (χ1) is 21.5. The number of carbonyl (C=O) groups is 2. The number of rotatable bonds is 13. The van der Waals surface area contributed by atoms with Crippen LogP contribution in [-0.4, -0.2) is 43.8 Å². The molecule has 0 heterocycles. The lowest BCUT2D eigenvalue weighted by Gasteiger charge is -2.34. The SMILES string of the molecule is CC[C@@H](C)NC(=O)[C@H](Cc1ccccc1)N(Cc1ccc(F)cc1)C(=O)CN(c1ccccc1C)S(=O)(=O)c1ccc(C)cc1. The smallest absolute Gasteiger partial charge is 0.264 e. The highest BCUT2D eigenvalue weighted by Gasteiger charge is 2.35. The molecule has 0 fully saturated rings. The molecule has 4 aromatic rings. The van der Waals surface area contributed by atoms with Gasteiger partial charge in [-0.15, -0.1) is 0 Å². The van der Waals surface area contributed by atoms with Gasteiger partial charge in [-0.3, -0.25) is 13.9 Å². The Balaban J connectivity index is 1.81. The van der Waals surface area contributed by atoms with Gasteiger partial charge in [-0.25, -0.2) is 12.8 Å². The number of benzene rings is 4. The zero-order valence-electron chi connectivity index (χ0n) is 26.1. The molecule has 2 atom stereocenters. The van der Waals surface area contributed by atoms with E-state index in [2.05, 4.69) is 5.32 Å². The summed E-state index contributed by atoms with van der Waals surface area (Å²) in [6.07, 6.45) is 0.886. The molecule has 1 N–H and O–H groups in total. The van der Waals surface area contributed by atoms with E-state index in [1.807, 2.05) is 51.1 Å². The topological polar surface area (TPSA) is 86.8 Å². The first-order valence-electron chi connectivity index (χ1n) is 15.0. The van der Waals surface area contributed by atoms with Crippen molar-refractivity contribution >= 4 is 27.5 Å². The molecule has 0 aliphatic rings. The first kappa shape index (κ1) is 33.4. The van der Waals surface area contributed by atoms with Crippen LogP contribution in [0.25, 0.3) is 0 Å². The Morgan fingerprint density at radius 1 is 0.822 bits per heavy atom. The quantitative estimate of drug-likeness (QED) is 0.191. The molecule has 236 valence electrons. The normalized spacial score (nSPS) is 12.6. The molecule has 0 aliphatic heterocycles. The maximum absolute atomic E-state index is 14.5. The van der Waals surface area contributed by atoms with Crippen molar-refractivity contribution in [3.63, 3.8) is 0 Å². The molecule has 0 bridgehead atoms. The predicted molar refractivity (Wildman–Crippen MR) is 176 cm³/mol. The average molecular weight is 630 g/mol. The van der Waals surface area contributed by atoms with Gasteiger partial charge in [-0.2, -0.15) is 0 Å². The molecule has 4 aromatic carbocycles. The minimum atomic E-state index is -4.19. The zero-order chi connectivity index (χ0) is 32.6. The van der Waals surface area contributed by atoms with Crippen molar-refractivity contribution < 1.29 is 22.4 Å². The van der Waals surface area contributed by atoms with Gasteiger partial charge in [0, 0.05) is 19.0 Å². The number of amides is 2. The minimum absolute atomic E-state index is 0.0310. The minimum Gasteiger partial charge on any atom is -0.352 e. The zero-order valence-corrected chi connectivity index (χ0v) is 26.9. The first-order valence-corrected chi connectivity index (χ1v) is 16.5. The van der Waals surface area contributed by atoms with Crippen molar-refractivity contribution in [2.75, 3.05) is 10.8 Å². The molecule has 0 unspecified atom stereocenters. The highest BCUT2D eigenvalue weighted by Crippen LogP contribution is 2.28. The largest absolute Gasteiger partial charge is 0.352 e. The lowest BCUT2D eigenvalue weighted by molar-refractivity contribution is -0.140. The Kier molecular flexibility index (Phi) is 11.1. The molecule has 2 amide bonds. The van der Waals surface area contributed by atoms with E-state index in [0.29, 0.717) is 23.2 Å². The number of aryl methyl sites for hydroxylation is 2. The van der Waals surface area contributed by atoms with Crippen molar-refractivity contribution in [2.24, 2.45) is 0 Å². The molecular weight excluding hydrogens is 589 g/mol. The predicted octanol–water partition coefficient (Wildman–Crippen LogP) is 6.19. The van der Waals surface area contributed by atoms with E-state index in [9.17, 15) is 22.4 Å². The van der Waals surface area contributed by atoms with E-state index in [1.165, 1.54) is 29.2 Å². The number of halogens is 1. The molecular formula is C36H40FN3O4S. The molecule has 0 spiro atoms. The maximum Gasteiger partial charge on any atom is 0.264 e. The Morgan fingerprint density at radius 2 is 1.44 bits per heavy atom. The van der Waals surface area contributed by atoms with E-state index >= 15 is 0 Å². The molecule has 0 radical (unpaired) electrons. The van der Waals surface area contributed by atoms with Crippen molar-refractivity contribution in [2.45, 2.75) is 64.1 Å². The Bertz CT molecular complexity index is 1690. The van der Waals surface area contributed by atoms with Crippen LogP contribution >= 0.6 is 0 Å². The van der Waals surface area contributed by atoms with Crippen LogP contribution in [0.1, 0.15) is 42.5 Å². The fourth-order valence-corrected chi connectivity index (χ4v) is 6.45. The van der Waals surface area contributed by atoms with Gasteiger partial charge in [0.25, 0.3) is 10.0 Å². The van der Waals surface area contributed by atoms with Crippen molar-refractivity contribution in [3.8, 4) is 0 Å². The standard InChI is InChI=1S/C36H40FN3O4S/c1-5-28(4)38-36(42)34(23-29-12-7-6-8-13-29)39(24-30-17-19-31(37)20-18-30)35(41)25-40(33-14-10-9-11-27(33)3)45(43,44)32-21-15-26(2)16-22-32/h6-22,28,34H,5,23-25H2,1-4H3,(H,38,42)/t28-,34+/m1/s1. The van der Waals surface area contributed by atoms with Gasteiger partial charge >= 0.3 is 0 Å². The van der Waals surface area contributed by atoms with Crippen LogP contribution in [0.3, 0.4) is 0 Å². The monoisotopic (exact) mass is 629 g/mol. The third kappa shape index (κ3) is 8.57. The van der Waals surface area contributed by atoms with E-state index in [-0.39, 0.29) is 29.8 Å². The van der Waals surface area contributed by atoms with Crippen LogP contribution < -0.4 is 9.62 Å². The third-order valence-corrected chi connectivity index (χ3v) is 9.58. The number of hydrogen-bond acceptors (Lipinski definition) is 4. The highest BCUT2D eigenvalue weighted by atomic mass is 32.2. The fraction of sp³-hybridized carbons (Fsp3) is 0.278. The molecule has 0 saturated carbocycles. The summed E-state index contributed by atoms with van der Waals surface area (Å²) in [5, 5.41) is 3.01. The number of nitrogens with zero attached hydrogens (tertiary/aromatic N) is 2. The number of hydrogen-bond donors (Lipinski definition) is 1. The summed E-state index contributed by atoms with van der Waals surface area (Å²) in [5.41, 5.74) is 3.36. The van der Waals surface area contributed by atoms with Crippen molar-refractivity contribution in [1.82, 2.24) is 10.2 Å². The molecule has 9 heteroatoms. The van der Waals surface area contributed by atoms with Gasteiger partial charge in [0.2, 0.25) is 11.8 Å². The molecule has 0 saturated heterocycles. The second-order valence-electron chi connectivity index (χ2n) is 11.3. The lowest BCUT2D eigenvalue weighted by Crippen LogP contribution is -2.54. The van der Waals surface area contributed by atoms with E-state index in [4.69, 9.17) is 0 Å². The summed E-state index contributed by atoms with van der Waals surface area (Å²) in [7, 11) is -4.19. The van der Waals surface area contributed by atoms with E-state index in [0.717, 1.165) is 15.4 Å². The second kappa shape index (κ2) is 15.0. The molecule has 4 rings (SSSR count). The van der Waals surface area contributed by atoms with Crippen molar-refractivity contribution in [1.29, 1.82) is 0 Å². The number of para-hydroxylation sites is 1. The van der Waals surface area contributed by atoms with Gasteiger partial charge in [0.1, 0.15) is 18.4 Å². The maximum atomic E-state index is 14.5. The summed E-state index contributed by atoms with van der Waals surface area (Å²) in [6.45, 7) is 6.91. The van der Waals surface area contributed by atoms with E-state index in [1.54, 1.807) is 55.5 Å². The Labute approximate surface area is 265 Å². The van der Waals surface area contributed by atoms with Crippen molar-refractivity contribution in [3.05, 3.63) is 131 Å². The van der Waals surface area contributed by atoms with Gasteiger partial charge in [-0.05, 0) is 74.2 Å². The van der Waals surface area contributed by atoms with E-state index < -0.39 is 34.3 Å². The summed E-state index contributed by atoms with van der Waals surface area (Å²) in [6, 6.07) is 27.4. The molecule has 7 nitrogen and oxygen atoms in total. The van der Waals surface area contributed by atoms with Crippen LogP contribution in [0, 0.1) is 19.7 Å². The third-order valence-electron chi connectivity index (χ3n) is 7.81. The van der Waals surface area contributed by atoms with Crippen LogP contribution in [0.4, 0.5) is 10.1 Å². The Hall–Kier alpha value is -4.50. The van der Waals surface area contributed by atoms with Gasteiger partial charge < -0.3 is 10.2 Å². The number of sulfonamides is 1.